The molecule has 0 unspecified atom stereocenters. The molecule has 7 heteroatoms. The van der Waals surface area contributed by atoms with E-state index in [1.54, 1.807) is 0 Å². The second-order valence-corrected chi connectivity index (χ2v) is 3.75. The average Bonchev–Trinajstić information content (AvgIpc) is 2.24. The van der Waals surface area contributed by atoms with Crippen LogP contribution in [0.25, 0.3) is 0 Å². The van der Waals surface area contributed by atoms with E-state index in [4.69, 9.17) is 5.11 Å². The Morgan fingerprint density at radius 3 is 2.37 bits per heavy atom. The van der Waals surface area contributed by atoms with Crippen LogP contribution in [0, 0.1) is 6.92 Å². The van der Waals surface area contributed by atoms with E-state index in [-0.39, 0.29) is 5.69 Å². The number of aryl methyl sites for hydroxylation is 1. The Morgan fingerprint density at radius 2 is 1.84 bits per heavy atom. The van der Waals surface area contributed by atoms with Gasteiger partial charge in [0, 0.05) is 17.8 Å². The van der Waals surface area contributed by atoms with Crippen molar-refractivity contribution in [2.24, 2.45) is 0 Å². The largest absolute Gasteiger partial charge is 0.478 e. The van der Waals surface area contributed by atoms with Gasteiger partial charge in [0.2, 0.25) is 5.91 Å². The van der Waals surface area contributed by atoms with Crippen molar-refractivity contribution < 1.29 is 27.9 Å². The molecule has 0 saturated carbocycles. The number of rotatable bonds is 3. The molecule has 0 aliphatic heterocycles. The molecule has 0 heterocycles. The maximum atomic E-state index is 12.5. The highest BCUT2D eigenvalue weighted by molar-refractivity contribution is 6.02. The maximum absolute atomic E-state index is 12.5. The maximum Gasteiger partial charge on any atom is 0.416 e. The summed E-state index contributed by atoms with van der Waals surface area (Å²) in [7, 11) is 0. The van der Waals surface area contributed by atoms with E-state index < -0.39 is 23.6 Å². The van der Waals surface area contributed by atoms with Gasteiger partial charge in [-0.15, -0.1) is 0 Å². The summed E-state index contributed by atoms with van der Waals surface area (Å²) in [4.78, 5) is 21.4. The number of hydrogen-bond donors (Lipinski definition) is 2. The standard InChI is InChI=1S/C12H10F3NO3/c1-7-4-8(12(13,14)15)6-9(5-7)16-10(17)2-3-11(18)19/h2-6H,1H3,(H,16,17)(H,18,19)/b3-2-. The first kappa shape index (κ1) is 14.7. The molecular weight excluding hydrogens is 263 g/mol. The summed E-state index contributed by atoms with van der Waals surface area (Å²) in [5.41, 5.74) is -0.607. The second-order valence-electron chi connectivity index (χ2n) is 3.75. The molecule has 0 aliphatic carbocycles. The number of nitrogens with one attached hydrogen (secondary N) is 1. The average molecular weight is 273 g/mol. The van der Waals surface area contributed by atoms with Gasteiger partial charge >= 0.3 is 12.1 Å². The lowest BCUT2D eigenvalue weighted by Crippen LogP contribution is -2.11. The van der Waals surface area contributed by atoms with Crippen LogP contribution in [0.15, 0.2) is 30.4 Å². The van der Waals surface area contributed by atoms with Crippen molar-refractivity contribution in [3.63, 3.8) is 0 Å². The Morgan fingerprint density at radius 1 is 1.21 bits per heavy atom. The summed E-state index contributed by atoms with van der Waals surface area (Å²) >= 11 is 0. The van der Waals surface area contributed by atoms with Crippen LogP contribution in [-0.2, 0) is 15.8 Å². The van der Waals surface area contributed by atoms with Crippen LogP contribution in [0.2, 0.25) is 0 Å². The van der Waals surface area contributed by atoms with Crippen molar-refractivity contribution in [1.29, 1.82) is 0 Å². The zero-order chi connectivity index (χ0) is 14.6. The minimum atomic E-state index is -4.51. The van der Waals surface area contributed by atoms with Gasteiger partial charge < -0.3 is 10.4 Å². The molecule has 0 aromatic heterocycles. The lowest BCUT2D eigenvalue weighted by molar-refractivity contribution is -0.137. The number of benzene rings is 1. The number of aliphatic carboxylic acids is 1. The normalized spacial score (nSPS) is 11.6. The molecule has 2 N–H and O–H groups in total. The second kappa shape index (κ2) is 5.55. The zero-order valence-corrected chi connectivity index (χ0v) is 9.78. The number of carboxylic acid groups (broad SMARTS) is 1. The van der Waals surface area contributed by atoms with Crippen LogP contribution in [0.4, 0.5) is 18.9 Å². The summed E-state index contributed by atoms with van der Waals surface area (Å²) in [5.74, 6) is -2.14. The van der Waals surface area contributed by atoms with Crippen LogP contribution in [0.1, 0.15) is 11.1 Å². The molecule has 0 spiro atoms. The van der Waals surface area contributed by atoms with Crippen molar-refractivity contribution in [3.8, 4) is 0 Å². The van der Waals surface area contributed by atoms with Crippen LogP contribution in [0.5, 0.6) is 0 Å². The van der Waals surface area contributed by atoms with Crippen LogP contribution in [-0.4, -0.2) is 17.0 Å². The van der Waals surface area contributed by atoms with Gasteiger partial charge in [-0.25, -0.2) is 4.79 Å². The predicted molar refractivity (Wildman–Crippen MR) is 61.6 cm³/mol. The first-order valence-electron chi connectivity index (χ1n) is 5.09. The molecule has 1 aromatic carbocycles. The molecule has 0 fully saturated rings. The lowest BCUT2D eigenvalue weighted by Gasteiger charge is -2.10. The van der Waals surface area contributed by atoms with Crippen LogP contribution < -0.4 is 5.32 Å². The van der Waals surface area contributed by atoms with E-state index in [1.165, 1.54) is 13.0 Å². The van der Waals surface area contributed by atoms with Gasteiger partial charge in [0.05, 0.1) is 5.56 Å². The first-order valence-corrected chi connectivity index (χ1v) is 5.09. The zero-order valence-electron chi connectivity index (χ0n) is 9.78. The van der Waals surface area contributed by atoms with Crippen LogP contribution >= 0.6 is 0 Å². The fraction of sp³-hybridized carbons (Fsp3) is 0.167. The third-order valence-electron chi connectivity index (χ3n) is 2.05. The summed E-state index contributed by atoms with van der Waals surface area (Å²) in [5, 5.41) is 10.5. The van der Waals surface area contributed by atoms with E-state index >= 15 is 0 Å². The highest BCUT2D eigenvalue weighted by Crippen LogP contribution is 2.31. The Bertz CT molecular complexity index is 536. The molecule has 1 rings (SSSR count). The molecule has 0 radical (unpaired) electrons. The third kappa shape index (κ3) is 4.82. The van der Waals surface area contributed by atoms with E-state index in [0.29, 0.717) is 11.6 Å². The van der Waals surface area contributed by atoms with E-state index in [9.17, 15) is 22.8 Å². The Hall–Kier alpha value is -2.31. The Kier molecular flexibility index (Phi) is 4.31. The quantitative estimate of drug-likeness (QED) is 0.832. The van der Waals surface area contributed by atoms with Crippen molar-refractivity contribution in [1.82, 2.24) is 0 Å². The Labute approximate surface area is 106 Å². The fourth-order valence-electron chi connectivity index (χ4n) is 1.35. The molecule has 1 amide bonds. The molecule has 0 bridgehead atoms. The molecule has 102 valence electrons. The van der Waals surface area contributed by atoms with Crippen molar-refractivity contribution in [2.75, 3.05) is 5.32 Å². The minimum Gasteiger partial charge on any atom is -0.478 e. The lowest BCUT2D eigenvalue weighted by atomic mass is 10.1. The van der Waals surface area contributed by atoms with Crippen molar-refractivity contribution in [3.05, 3.63) is 41.5 Å². The Balaban J connectivity index is 2.93. The number of carbonyl (C=O) groups excluding carboxylic acids is 1. The van der Waals surface area contributed by atoms with Gasteiger partial charge in [-0.05, 0) is 30.7 Å². The molecule has 0 aliphatic rings. The number of anilines is 1. The fourth-order valence-corrected chi connectivity index (χ4v) is 1.35. The predicted octanol–water partition coefficient (Wildman–Crippen LogP) is 2.59. The molecule has 4 nitrogen and oxygen atoms in total. The van der Waals surface area contributed by atoms with Gasteiger partial charge in [-0.1, -0.05) is 0 Å². The third-order valence-corrected chi connectivity index (χ3v) is 2.05. The highest BCUT2D eigenvalue weighted by Gasteiger charge is 2.30. The number of halogens is 3. The van der Waals surface area contributed by atoms with Crippen molar-refractivity contribution in [2.45, 2.75) is 13.1 Å². The molecule has 0 saturated heterocycles. The number of alkyl halides is 3. The van der Waals surface area contributed by atoms with E-state index in [1.807, 2.05) is 0 Å². The van der Waals surface area contributed by atoms with Crippen molar-refractivity contribution >= 4 is 17.6 Å². The smallest absolute Gasteiger partial charge is 0.416 e. The van der Waals surface area contributed by atoms with Gasteiger partial charge in [0.15, 0.2) is 0 Å². The van der Waals surface area contributed by atoms with E-state index in [2.05, 4.69) is 5.32 Å². The van der Waals surface area contributed by atoms with Crippen LogP contribution in [0.3, 0.4) is 0 Å². The van der Waals surface area contributed by atoms with E-state index in [0.717, 1.165) is 18.2 Å². The minimum absolute atomic E-state index is 0.0487. The monoisotopic (exact) mass is 273 g/mol. The number of amides is 1. The molecular formula is C12H10F3NO3. The summed E-state index contributed by atoms with van der Waals surface area (Å²) in [6.45, 7) is 1.46. The summed E-state index contributed by atoms with van der Waals surface area (Å²) in [6.07, 6.45) is -3.20. The number of hydrogen-bond acceptors (Lipinski definition) is 2. The first-order chi connectivity index (χ1) is 8.68. The number of carbonyl (C=O) groups is 2. The number of carboxylic acids is 1. The molecule has 19 heavy (non-hydrogen) atoms. The topological polar surface area (TPSA) is 66.4 Å². The van der Waals surface area contributed by atoms with Gasteiger partial charge in [0.1, 0.15) is 0 Å². The summed E-state index contributed by atoms with van der Waals surface area (Å²) in [6, 6.07) is 3.07. The van der Waals surface area contributed by atoms with Gasteiger partial charge in [0.25, 0.3) is 0 Å². The summed E-state index contributed by atoms with van der Waals surface area (Å²) < 4.78 is 37.6. The van der Waals surface area contributed by atoms with Gasteiger partial charge in [-0.3, -0.25) is 4.79 Å². The molecule has 0 atom stereocenters. The SMILES string of the molecule is Cc1cc(NC(=O)/C=C\C(=O)O)cc(C(F)(F)F)c1. The highest BCUT2D eigenvalue weighted by atomic mass is 19.4. The molecule has 1 aromatic rings. The van der Waals surface area contributed by atoms with Gasteiger partial charge in [-0.2, -0.15) is 13.2 Å².